The molecule has 0 aromatic heterocycles. The van der Waals surface area contributed by atoms with Crippen LogP contribution in [0.3, 0.4) is 0 Å². The standard InChI is InChI=1S/C5H16N4/c1-5-7(2)9(4)8(3)6/h6,8H,5H2,1-4H3. The fraction of sp³-hybridized carbons (Fsp3) is 1.00. The van der Waals surface area contributed by atoms with E-state index in [-0.39, 0.29) is 0 Å². The second-order valence-corrected chi connectivity index (χ2v) is 2.08. The summed E-state index contributed by atoms with van der Waals surface area (Å²) >= 11 is 0. The molecule has 0 saturated carbocycles. The fourth-order valence-electron chi connectivity index (χ4n) is 0.468. The number of nitrogens with one attached hydrogen (secondary N) is 2. The predicted molar refractivity (Wildman–Crippen MR) is 37.3 cm³/mol. The lowest BCUT2D eigenvalue weighted by Crippen LogP contribution is -3.10. The minimum absolute atomic E-state index is 0.569. The van der Waals surface area contributed by atoms with Gasteiger partial charge in [-0.05, 0) is 0 Å². The molecular formula is C5H16N4. The summed E-state index contributed by atoms with van der Waals surface area (Å²) in [6.07, 6.45) is 0. The van der Waals surface area contributed by atoms with Crippen LogP contribution < -0.4 is 5.12 Å². The van der Waals surface area contributed by atoms with Gasteiger partial charge in [0.15, 0.2) is 0 Å². The molecule has 4 heteroatoms. The Balaban J connectivity index is 3.58. The van der Waals surface area contributed by atoms with Crippen molar-refractivity contribution in [2.24, 2.45) is 0 Å². The molecule has 1 unspecified atom stereocenters. The van der Waals surface area contributed by atoms with Gasteiger partial charge in [-0.15, -0.1) is 0 Å². The summed E-state index contributed by atoms with van der Waals surface area (Å²) in [5, 5.41) is 4.35. The molecule has 56 valence electrons. The van der Waals surface area contributed by atoms with Gasteiger partial charge in [-0.1, -0.05) is 12.0 Å². The molecule has 0 saturated heterocycles. The molecule has 0 fully saturated rings. The van der Waals surface area contributed by atoms with Crippen LogP contribution in [0.1, 0.15) is 6.92 Å². The van der Waals surface area contributed by atoms with Gasteiger partial charge >= 0.3 is 0 Å². The van der Waals surface area contributed by atoms with Crippen molar-refractivity contribution in [2.45, 2.75) is 6.92 Å². The minimum Gasteiger partial charge on any atom is -0.447 e. The average molecular weight is 132 g/mol. The van der Waals surface area contributed by atoms with Crippen LogP contribution in [0.2, 0.25) is 0 Å². The maximum absolute atomic E-state index is 7.22. The highest BCUT2D eigenvalue weighted by molar-refractivity contribution is 4.28. The highest BCUT2D eigenvalue weighted by Crippen LogP contribution is 1.77. The van der Waals surface area contributed by atoms with Crippen LogP contribution >= 0.6 is 0 Å². The number of hydrogen-bond donors (Lipinski definition) is 1. The van der Waals surface area contributed by atoms with E-state index in [4.69, 9.17) is 5.84 Å². The van der Waals surface area contributed by atoms with E-state index in [9.17, 15) is 0 Å². The molecule has 1 atom stereocenters. The summed E-state index contributed by atoms with van der Waals surface area (Å²) < 4.78 is 0. The Bertz CT molecular complexity index is 73.4. The SMILES string of the molecule is CCN(C)N(C)[NH+](C)[NH-]. The van der Waals surface area contributed by atoms with Crippen molar-refractivity contribution in [1.29, 1.82) is 0 Å². The first-order chi connectivity index (χ1) is 4.09. The molecule has 0 aliphatic carbocycles. The van der Waals surface area contributed by atoms with Gasteiger partial charge in [-0.2, -0.15) is 0 Å². The molecule has 0 heterocycles. The smallest absolute Gasteiger partial charge is 0.0762 e. The van der Waals surface area contributed by atoms with E-state index < -0.39 is 0 Å². The van der Waals surface area contributed by atoms with Crippen LogP contribution in [0.15, 0.2) is 0 Å². The Hall–Kier alpha value is -0.160. The summed E-state index contributed by atoms with van der Waals surface area (Å²) in [7, 11) is 5.61. The topological polar surface area (TPSA) is 34.7 Å². The number of quaternary nitrogens is 1. The van der Waals surface area contributed by atoms with Crippen LogP contribution in [-0.4, -0.2) is 37.8 Å². The van der Waals surface area contributed by atoms with Crippen molar-refractivity contribution in [3.05, 3.63) is 5.84 Å². The first-order valence-electron chi connectivity index (χ1n) is 3.09. The number of hydrogen-bond acceptors (Lipinski definition) is 2. The second kappa shape index (κ2) is 3.79. The average Bonchev–Trinajstić information content (AvgIpc) is 1.84. The summed E-state index contributed by atoms with van der Waals surface area (Å²) in [5.74, 6) is 7.22. The molecular weight excluding hydrogens is 116 g/mol. The van der Waals surface area contributed by atoms with E-state index >= 15 is 0 Å². The Kier molecular flexibility index (Phi) is 3.72. The molecule has 0 amide bonds. The van der Waals surface area contributed by atoms with Gasteiger partial charge < -0.3 is 11.0 Å². The normalized spacial score (nSPS) is 15.0. The first kappa shape index (κ1) is 8.84. The maximum Gasteiger partial charge on any atom is 0.0762 e. The van der Waals surface area contributed by atoms with E-state index in [2.05, 4.69) is 6.92 Å². The highest BCUT2D eigenvalue weighted by Gasteiger charge is 2.03. The zero-order chi connectivity index (χ0) is 7.44. The van der Waals surface area contributed by atoms with Crippen LogP contribution in [0, 0.1) is 0 Å². The minimum atomic E-state index is 0.569. The Morgan fingerprint density at radius 1 is 1.44 bits per heavy atom. The van der Waals surface area contributed by atoms with Crippen LogP contribution in [0.4, 0.5) is 0 Å². The van der Waals surface area contributed by atoms with Crippen LogP contribution in [0.5, 0.6) is 0 Å². The predicted octanol–water partition coefficient (Wildman–Crippen LogP) is -0.818. The molecule has 0 aliphatic heterocycles. The molecule has 0 aliphatic rings. The molecule has 2 N–H and O–H groups in total. The lowest BCUT2D eigenvalue weighted by atomic mass is 10.7. The lowest BCUT2D eigenvalue weighted by Gasteiger charge is -2.32. The van der Waals surface area contributed by atoms with Gasteiger partial charge in [0.2, 0.25) is 0 Å². The molecule has 0 bridgehead atoms. The molecule has 0 radical (unpaired) electrons. The van der Waals surface area contributed by atoms with Crippen molar-refractivity contribution < 1.29 is 5.12 Å². The molecule has 9 heavy (non-hydrogen) atoms. The fourth-order valence-corrected chi connectivity index (χ4v) is 0.468. The van der Waals surface area contributed by atoms with E-state index in [0.29, 0.717) is 5.12 Å². The molecule has 0 rings (SSSR count). The largest absolute Gasteiger partial charge is 0.447 e. The molecule has 0 aromatic rings. The van der Waals surface area contributed by atoms with Crippen molar-refractivity contribution >= 4 is 0 Å². The quantitative estimate of drug-likeness (QED) is 0.509. The Morgan fingerprint density at radius 2 is 1.89 bits per heavy atom. The summed E-state index contributed by atoms with van der Waals surface area (Å²) in [6, 6.07) is 0. The van der Waals surface area contributed by atoms with Crippen molar-refractivity contribution in [3.8, 4) is 0 Å². The zero-order valence-electron chi connectivity index (χ0n) is 6.60. The summed E-state index contributed by atoms with van der Waals surface area (Å²) in [4.78, 5) is 0. The van der Waals surface area contributed by atoms with Gasteiger partial charge in [0.25, 0.3) is 0 Å². The maximum atomic E-state index is 7.22. The third-order valence-electron chi connectivity index (χ3n) is 1.46. The Morgan fingerprint density at radius 3 is 2.00 bits per heavy atom. The van der Waals surface area contributed by atoms with Crippen LogP contribution in [0.25, 0.3) is 5.84 Å². The third kappa shape index (κ3) is 2.76. The van der Waals surface area contributed by atoms with E-state index in [1.165, 1.54) is 0 Å². The monoisotopic (exact) mass is 132 g/mol. The number of hydrazine groups is 1. The summed E-state index contributed by atoms with van der Waals surface area (Å²) in [6.45, 7) is 2.99. The van der Waals surface area contributed by atoms with Gasteiger partial charge in [-0.25, -0.2) is 5.01 Å². The van der Waals surface area contributed by atoms with E-state index in [1.54, 1.807) is 12.2 Å². The van der Waals surface area contributed by atoms with Crippen LogP contribution in [-0.2, 0) is 0 Å². The lowest BCUT2D eigenvalue weighted by molar-refractivity contribution is -0.974. The van der Waals surface area contributed by atoms with Crippen molar-refractivity contribution in [2.75, 3.05) is 27.7 Å². The van der Waals surface area contributed by atoms with Crippen molar-refractivity contribution in [1.82, 2.24) is 10.1 Å². The number of rotatable bonds is 3. The number of nitrogens with zero attached hydrogens (tertiary/aromatic N) is 2. The molecule has 0 aromatic carbocycles. The Labute approximate surface area is 56.7 Å². The van der Waals surface area contributed by atoms with Gasteiger partial charge in [0.1, 0.15) is 0 Å². The van der Waals surface area contributed by atoms with E-state index in [1.807, 2.05) is 19.1 Å². The van der Waals surface area contributed by atoms with E-state index in [0.717, 1.165) is 6.54 Å². The van der Waals surface area contributed by atoms with Gasteiger partial charge in [0.05, 0.1) is 14.1 Å². The molecule has 0 spiro atoms. The van der Waals surface area contributed by atoms with Gasteiger partial charge in [0, 0.05) is 13.6 Å². The van der Waals surface area contributed by atoms with Crippen molar-refractivity contribution in [3.63, 3.8) is 0 Å². The zero-order valence-corrected chi connectivity index (χ0v) is 6.60. The third-order valence-corrected chi connectivity index (χ3v) is 1.46. The van der Waals surface area contributed by atoms with Gasteiger partial charge in [-0.3, -0.25) is 0 Å². The first-order valence-corrected chi connectivity index (χ1v) is 3.09. The molecule has 4 nitrogen and oxygen atoms in total. The highest BCUT2D eigenvalue weighted by atomic mass is 15.9. The summed E-state index contributed by atoms with van der Waals surface area (Å²) in [5.41, 5.74) is 0. The second-order valence-electron chi connectivity index (χ2n) is 2.08.